The number of carbonyl (C=O) groups excluding carboxylic acids is 2. The van der Waals surface area contributed by atoms with E-state index in [4.69, 9.17) is 11.6 Å². The highest BCUT2D eigenvalue weighted by atomic mass is 35.5. The molecule has 0 unspecified atom stereocenters. The Hall–Kier alpha value is -3.23. The molecule has 0 atom stereocenters. The van der Waals surface area contributed by atoms with Crippen LogP contribution in [0.3, 0.4) is 0 Å². The summed E-state index contributed by atoms with van der Waals surface area (Å²) in [6.07, 6.45) is 3.34. The molecular formula is C19H14ClN5O2S. The van der Waals surface area contributed by atoms with Gasteiger partial charge in [-0.25, -0.2) is 0 Å². The standard InChI is InChI=1S/C19H14ClN5O2S/c20-16-12-5-1-2-6-14(12)28-17(16)19(27)23-15-8-13(24-25-15)18(26)22-10-11-4-3-7-21-9-11/h1-9H,10H2,(H,22,26)(H2,23,24,25,27). The molecule has 140 valence electrons. The van der Waals surface area contributed by atoms with Gasteiger partial charge in [0.1, 0.15) is 10.7 Å². The number of anilines is 1. The molecule has 0 spiro atoms. The number of amides is 2. The van der Waals surface area contributed by atoms with Crippen molar-refractivity contribution < 1.29 is 9.59 Å². The maximum absolute atomic E-state index is 12.6. The zero-order valence-corrected chi connectivity index (χ0v) is 16.0. The summed E-state index contributed by atoms with van der Waals surface area (Å²) in [7, 11) is 0. The van der Waals surface area contributed by atoms with Crippen molar-refractivity contribution in [3.05, 3.63) is 76.0 Å². The number of aromatic nitrogens is 3. The topological polar surface area (TPSA) is 99.8 Å². The molecule has 3 heterocycles. The predicted molar refractivity (Wildman–Crippen MR) is 109 cm³/mol. The molecule has 0 aliphatic carbocycles. The Labute approximate surface area is 168 Å². The fourth-order valence-electron chi connectivity index (χ4n) is 2.62. The van der Waals surface area contributed by atoms with E-state index in [1.807, 2.05) is 30.3 Å². The quantitative estimate of drug-likeness (QED) is 0.464. The molecule has 28 heavy (non-hydrogen) atoms. The minimum Gasteiger partial charge on any atom is -0.347 e. The Bertz CT molecular complexity index is 1160. The monoisotopic (exact) mass is 411 g/mol. The zero-order valence-electron chi connectivity index (χ0n) is 14.4. The van der Waals surface area contributed by atoms with E-state index in [2.05, 4.69) is 25.8 Å². The minimum atomic E-state index is -0.364. The average Bonchev–Trinajstić information content (AvgIpc) is 3.32. The van der Waals surface area contributed by atoms with Crippen molar-refractivity contribution in [3.8, 4) is 0 Å². The summed E-state index contributed by atoms with van der Waals surface area (Å²) >= 11 is 7.63. The van der Waals surface area contributed by atoms with Gasteiger partial charge >= 0.3 is 0 Å². The molecule has 0 fully saturated rings. The molecule has 0 saturated heterocycles. The largest absolute Gasteiger partial charge is 0.347 e. The molecule has 0 aliphatic heterocycles. The van der Waals surface area contributed by atoms with Gasteiger partial charge in [0.25, 0.3) is 11.8 Å². The molecule has 7 nitrogen and oxygen atoms in total. The molecule has 0 aliphatic rings. The van der Waals surface area contributed by atoms with Gasteiger partial charge in [-0.15, -0.1) is 11.3 Å². The molecule has 2 amide bonds. The summed E-state index contributed by atoms with van der Waals surface area (Å²) in [5.41, 5.74) is 1.04. The fraction of sp³-hybridized carbons (Fsp3) is 0.0526. The third-order valence-corrected chi connectivity index (χ3v) is 5.65. The first-order valence-electron chi connectivity index (χ1n) is 8.32. The van der Waals surface area contributed by atoms with Gasteiger partial charge in [-0.1, -0.05) is 35.9 Å². The number of aromatic amines is 1. The highest BCUT2D eigenvalue weighted by Crippen LogP contribution is 2.35. The normalized spacial score (nSPS) is 10.8. The number of H-pyrrole nitrogens is 1. The van der Waals surface area contributed by atoms with Crippen LogP contribution in [0.2, 0.25) is 5.02 Å². The summed E-state index contributed by atoms with van der Waals surface area (Å²) in [5.74, 6) is -0.414. The number of pyridine rings is 1. The molecule has 4 aromatic rings. The number of thiophene rings is 1. The average molecular weight is 412 g/mol. The van der Waals surface area contributed by atoms with E-state index < -0.39 is 0 Å². The first kappa shape index (κ1) is 18.1. The zero-order chi connectivity index (χ0) is 19.5. The number of hydrogen-bond acceptors (Lipinski definition) is 5. The van der Waals surface area contributed by atoms with Crippen LogP contribution in [0.15, 0.2) is 54.9 Å². The third-order valence-electron chi connectivity index (χ3n) is 3.98. The lowest BCUT2D eigenvalue weighted by Crippen LogP contribution is -2.23. The third kappa shape index (κ3) is 3.73. The molecule has 0 saturated carbocycles. The lowest BCUT2D eigenvalue weighted by atomic mass is 10.2. The van der Waals surface area contributed by atoms with Gasteiger partial charge < -0.3 is 10.6 Å². The van der Waals surface area contributed by atoms with Crippen LogP contribution in [0.25, 0.3) is 10.1 Å². The number of rotatable bonds is 5. The second-order valence-electron chi connectivity index (χ2n) is 5.91. The van der Waals surface area contributed by atoms with E-state index in [1.165, 1.54) is 17.4 Å². The van der Waals surface area contributed by atoms with E-state index in [-0.39, 0.29) is 17.5 Å². The molecule has 0 radical (unpaired) electrons. The Kier molecular flexibility index (Phi) is 5.05. The van der Waals surface area contributed by atoms with Gasteiger partial charge in [0, 0.05) is 35.1 Å². The van der Waals surface area contributed by atoms with Crippen LogP contribution in [0.4, 0.5) is 5.82 Å². The number of nitrogens with zero attached hydrogens (tertiary/aromatic N) is 2. The molecule has 3 N–H and O–H groups in total. The Morgan fingerprint density at radius 2 is 2.00 bits per heavy atom. The number of carbonyl (C=O) groups is 2. The Morgan fingerprint density at radius 1 is 1.14 bits per heavy atom. The van der Waals surface area contributed by atoms with Crippen molar-refractivity contribution in [2.45, 2.75) is 6.54 Å². The summed E-state index contributed by atoms with van der Waals surface area (Å²) in [5, 5.41) is 13.3. The van der Waals surface area contributed by atoms with E-state index in [9.17, 15) is 9.59 Å². The summed E-state index contributed by atoms with van der Waals surface area (Å²) in [4.78, 5) is 29.2. The van der Waals surface area contributed by atoms with Crippen LogP contribution in [0.5, 0.6) is 0 Å². The van der Waals surface area contributed by atoms with Crippen molar-refractivity contribution in [3.63, 3.8) is 0 Å². The lowest BCUT2D eigenvalue weighted by molar-refractivity contribution is 0.0945. The van der Waals surface area contributed by atoms with Crippen molar-refractivity contribution in [1.82, 2.24) is 20.5 Å². The maximum atomic E-state index is 12.6. The summed E-state index contributed by atoms with van der Waals surface area (Å²) < 4.78 is 0.928. The lowest BCUT2D eigenvalue weighted by Gasteiger charge is -2.02. The number of fused-ring (bicyclic) bond motifs is 1. The number of halogens is 1. The van der Waals surface area contributed by atoms with Gasteiger partial charge in [0.05, 0.1) is 5.02 Å². The molecule has 1 aromatic carbocycles. The van der Waals surface area contributed by atoms with Gasteiger partial charge in [0.15, 0.2) is 5.69 Å². The number of hydrogen-bond donors (Lipinski definition) is 3. The van der Waals surface area contributed by atoms with Crippen LogP contribution >= 0.6 is 22.9 Å². The van der Waals surface area contributed by atoms with Gasteiger partial charge in [-0.05, 0) is 17.7 Å². The number of nitrogens with one attached hydrogen (secondary N) is 3. The van der Waals surface area contributed by atoms with Crippen LogP contribution in [-0.2, 0) is 6.54 Å². The van der Waals surface area contributed by atoms with Gasteiger partial charge in [0.2, 0.25) is 0 Å². The Morgan fingerprint density at radius 3 is 2.79 bits per heavy atom. The van der Waals surface area contributed by atoms with Crippen molar-refractivity contribution in [2.75, 3.05) is 5.32 Å². The molecule has 4 rings (SSSR count). The van der Waals surface area contributed by atoms with E-state index in [1.54, 1.807) is 18.5 Å². The fourth-order valence-corrected chi connectivity index (χ4v) is 4.03. The van der Waals surface area contributed by atoms with Gasteiger partial charge in [-0.3, -0.25) is 19.7 Å². The molecule has 9 heteroatoms. The minimum absolute atomic E-state index is 0.168. The highest BCUT2D eigenvalue weighted by Gasteiger charge is 2.18. The van der Waals surface area contributed by atoms with Crippen molar-refractivity contribution in [2.24, 2.45) is 0 Å². The summed E-state index contributed by atoms with van der Waals surface area (Å²) in [6, 6.07) is 12.7. The second-order valence-corrected chi connectivity index (χ2v) is 7.34. The maximum Gasteiger partial charge on any atom is 0.272 e. The van der Waals surface area contributed by atoms with Crippen molar-refractivity contribution >= 4 is 50.7 Å². The van der Waals surface area contributed by atoms with Crippen LogP contribution < -0.4 is 10.6 Å². The first-order chi connectivity index (χ1) is 13.6. The molecule has 0 bridgehead atoms. The smallest absolute Gasteiger partial charge is 0.272 e. The SMILES string of the molecule is O=C(NCc1cccnc1)c1cc(NC(=O)c2sc3ccccc3c2Cl)[nH]n1. The van der Waals surface area contributed by atoms with E-state index >= 15 is 0 Å². The van der Waals surface area contributed by atoms with Crippen LogP contribution in [-0.4, -0.2) is 27.0 Å². The Balaban J connectivity index is 1.43. The highest BCUT2D eigenvalue weighted by molar-refractivity contribution is 7.21. The second kappa shape index (κ2) is 7.79. The van der Waals surface area contributed by atoms with Crippen LogP contribution in [0.1, 0.15) is 25.7 Å². The molecular weight excluding hydrogens is 398 g/mol. The predicted octanol–water partition coefficient (Wildman–Crippen LogP) is 3.86. The first-order valence-corrected chi connectivity index (χ1v) is 9.52. The number of benzene rings is 1. The van der Waals surface area contributed by atoms with E-state index in [0.717, 1.165) is 15.6 Å². The van der Waals surface area contributed by atoms with Crippen molar-refractivity contribution in [1.29, 1.82) is 0 Å². The van der Waals surface area contributed by atoms with E-state index in [0.29, 0.717) is 22.3 Å². The molecule has 3 aromatic heterocycles. The summed E-state index contributed by atoms with van der Waals surface area (Å²) in [6.45, 7) is 0.332. The van der Waals surface area contributed by atoms with Crippen LogP contribution in [0, 0.1) is 0 Å². The van der Waals surface area contributed by atoms with Gasteiger partial charge in [-0.2, -0.15) is 5.10 Å².